The summed E-state index contributed by atoms with van der Waals surface area (Å²) >= 11 is 0. The Morgan fingerprint density at radius 2 is 1.54 bits per heavy atom. The van der Waals surface area contributed by atoms with E-state index in [1.165, 1.54) is 12.0 Å². The van der Waals surface area contributed by atoms with Crippen molar-refractivity contribution in [3.8, 4) is 11.1 Å². The number of nitrogens with one attached hydrogen (secondary N) is 3. The van der Waals surface area contributed by atoms with Crippen molar-refractivity contribution in [2.24, 2.45) is 0 Å². The van der Waals surface area contributed by atoms with Crippen molar-refractivity contribution in [3.63, 3.8) is 0 Å². The van der Waals surface area contributed by atoms with Gasteiger partial charge in [0.2, 0.25) is 0 Å². The Balaban J connectivity index is 1.09. The lowest BCUT2D eigenvalue weighted by Gasteiger charge is -2.29. The van der Waals surface area contributed by atoms with Gasteiger partial charge in [-0.25, -0.2) is 9.97 Å². The van der Waals surface area contributed by atoms with Crippen molar-refractivity contribution in [2.45, 2.75) is 12.6 Å². The van der Waals surface area contributed by atoms with Gasteiger partial charge in [0.25, 0.3) is 11.8 Å². The average Bonchev–Trinajstić information content (AvgIpc) is 3.41. The molecule has 5 aromatic rings. The second-order valence-corrected chi connectivity index (χ2v) is 11.4. The van der Waals surface area contributed by atoms with Gasteiger partial charge in [0, 0.05) is 61.4 Å². The number of rotatable bonds is 8. The minimum atomic E-state index is -0.815. The molecule has 10 heteroatoms. The molecule has 230 valence electrons. The number of hydrogen-bond acceptors (Lipinski definition) is 8. The number of amides is 2. The SMILES string of the molecule is Nc1cc(Nc2ccc(NC(=O)C(c3ccccc3)N3Cc4cc(-c5ccc(N6CCNCC6)cc5)ccc4C3=O)cc2)ncn1. The molecule has 2 amide bonds. The molecular weight excluding hydrogens is 576 g/mol. The van der Waals surface area contributed by atoms with Crippen LogP contribution in [0.4, 0.5) is 28.7 Å². The van der Waals surface area contributed by atoms with Gasteiger partial charge in [0.05, 0.1) is 0 Å². The fourth-order valence-electron chi connectivity index (χ4n) is 6.06. The quantitative estimate of drug-likeness (QED) is 0.188. The van der Waals surface area contributed by atoms with Crippen molar-refractivity contribution in [2.75, 3.05) is 47.4 Å². The van der Waals surface area contributed by atoms with Gasteiger partial charge < -0.3 is 31.5 Å². The fraction of sp³-hybridized carbons (Fsp3) is 0.167. The molecule has 1 fully saturated rings. The zero-order valence-corrected chi connectivity index (χ0v) is 25.2. The van der Waals surface area contributed by atoms with Gasteiger partial charge in [-0.1, -0.05) is 48.5 Å². The zero-order valence-electron chi connectivity index (χ0n) is 25.2. The topological polar surface area (TPSA) is 129 Å². The number of piperazine rings is 1. The van der Waals surface area contributed by atoms with Crippen molar-refractivity contribution >= 4 is 40.5 Å². The van der Waals surface area contributed by atoms with E-state index in [1.54, 1.807) is 23.1 Å². The van der Waals surface area contributed by atoms with Crippen molar-refractivity contribution < 1.29 is 9.59 Å². The van der Waals surface area contributed by atoms with Gasteiger partial charge in [-0.3, -0.25) is 9.59 Å². The molecule has 0 saturated carbocycles. The summed E-state index contributed by atoms with van der Waals surface area (Å²) in [6, 6.07) is 32.1. The first-order valence-electron chi connectivity index (χ1n) is 15.3. The van der Waals surface area contributed by atoms with Crippen LogP contribution in [0.1, 0.15) is 27.5 Å². The fourth-order valence-corrected chi connectivity index (χ4v) is 6.06. The Morgan fingerprint density at radius 1 is 0.826 bits per heavy atom. The third-order valence-electron chi connectivity index (χ3n) is 8.41. The minimum absolute atomic E-state index is 0.164. The molecule has 1 atom stereocenters. The number of carbonyl (C=O) groups is 2. The first-order chi connectivity index (χ1) is 22.5. The average molecular weight is 611 g/mol. The van der Waals surface area contributed by atoms with Gasteiger partial charge in [-0.2, -0.15) is 0 Å². The molecule has 7 rings (SSSR count). The monoisotopic (exact) mass is 610 g/mol. The molecule has 1 unspecified atom stereocenters. The molecule has 2 aliphatic heterocycles. The minimum Gasteiger partial charge on any atom is -0.384 e. The molecule has 0 radical (unpaired) electrons. The van der Waals surface area contributed by atoms with Crippen LogP contribution in [-0.2, 0) is 11.3 Å². The van der Waals surface area contributed by atoms with E-state index >= 15 is 0 Å². The van der Waals surface area contributed by atoms with E-state index in [0.29, 0.717) is 29.4 Å². The lowest BCUT2D eigenvalue weighted by atomic mass is 10.00. The van der Waals surface area contributed by atoms with E-state index in [9.17, 15) is 9.59 Å². The first-order valence-corrected chi connectivity index (χ1v) is 15.3. The lowest BCUT2D eigenvalue weighted by Crippen LogP contribution is -2.43. The van der Waals surface area contributed by atoms with Crippen LogP contribution in [0.5, 0.6) is 0 Å². The summed E-state index contributed by atoms with van der Waals surface area (Å²) in [6.07, 6.45) is 1.39. The number of nitrogens with zero attached hydrogens (tertiary/aromatic N) is 4. The maximum Gasteiger partial charge on any atom is 0.255 e. The van der Waals surface area contributed by atoms with Crippen LogP contribution >= 0.6 is 0 Å². The largest absolute Gasteiger partial charge is 0.384 e. The number of benzene rings is 4. The molecule has 3 heterocycles. The third-order valence-corrected chi connectivity index (χ3v) is 8.41. The highest BCUT2D eigenvalue weighted by Gasteiger charge is 2.37. The number of nitrogens with two attached hydrogens (primary N) is 1. The van der Waals surface area contributed by atoms with Crippen LogP contribution in [0.15, 0.2) is 109 Å². The number of aromatic nitrogens is 2. The van der Waals surface area contributed by atoms with Crippen molar-refractivity contribution in [3.05, 3.63) is 126 Å². The number of nitrogen functional groups attached to an aromatic ring is 1. The zero-order chi connectivity index (χ0) is 31.5. The van der Waals surface area contributed by atoms with Crippen molar-refractivity contribution in [1.82, 2.24) is 20.2 Å². The molecule has 1 aromatic heterocycles. The molecule has 46 heavy (non-hydrogen) atoms. The van der Waals surface area contributed by atoms with E-state index in [0.717, 1.165) is 54.1 Å². The predicted molar refractivity (Wildman–Crippen MR) is 181 cm³/mol. The molecule has 0 spiro atoms. The Morgan fingerprint density at radius 3 is 2.28 bits per heavy atom. The highest BCUT2D eigenvalue weighted by Crippen LogP contribution is 2.35. The number of fused-ring (bicyclic) bond motifs is 1. The Kier molecular flexibility index (Phi) is 8.01. The Hall–Kier alpha value is -5.74. The first kappa shape index (κ1) is 29.0. The second-order valence-electron chi connectivity index (χ2n) is 11.4. The summed E-state index contributed by atoms with van der Waals surface area (Å²) in [5.74, 6) is 0.475. The van der Waals surface area contributed by atoms with Crippen LogP contribution in [0.2, 0.25) is 0 Å². The summed E-state index contributed by atoms with van der Waals surface area (Å²) in [5, 5.41) is 9.58. The smallest absolute Gasteiger partial charge is 0.255 e. The maximum absolute atomic E-state index is 13.9. The Labute approximate surface area is 267 Å². The van der Waals surface area contributed by atoms with Gasteiger partial charge >= 0.3 is 0 Å². The number of hydrogen-bond donors (Lipinski definition) is 4. The summed E-state index contributed by atoms with van der Waals surface area (Å²) in [5.41, 5.74) is 12.7. The lowest BCUT2D eigenvalue weighted by molar-refractivity contribution is -0.120. The summed E-state index contributed by atoms with van der Waals surface area (Å²) in [6.45, 7) is 4.30. The van der Waals surface area contributed by atoms with E-state index in [2.05, 4.69) is 61.2 Å². The molecule has 10 nitrogen and oxygen atoms in total. The molecular formula is C36H34N8O2. The van der Waals surface area contributed by atoms with Crippen LogP contribution < -0.4 is 26.6 Å². The Bertz CT molecular complexity index is 1860. The summed E-state index contributed by atoms with van der Waals surface area (Å²) in [7, 11) is 0. The predicted octanol–water partition coefficient (Wildman–Crippen LogP) is 5.21. The summed E-state index contributed by atoms with van der Waals surface area (Å²) < 4.78 is 0. The highest BCUT2D eigenvalue weighted by atomic mass is 16.2. The molecule has 2 aliphatic rings. The second kappa shape index (κ2) is 12.7. The molecule has 0 aliphatic carbocycles. The number of carbonyl (C=O) groups excluding carboxylic acids is 2. The van der Waals surface area contributed by atoms with Crippen LogP contribution in [-0.4, -0.2) is 52.9 Å². The van der Waals surface area contributed by atoms with E-state index in [4.69, 9.17) is 5.73 Å². The molecule has 5 N–H and O–H groups in total. The highest BCUT2D eigenvalue weighted by molar-refractivity contribution is 6.04. The van der Waals surface area contributed by atoms with Crippen LogP contribution in [0.3, 0.4) is 0 Å². The molecule has 1 saturated heterocycles. The molecule has 0 bridgehead atoms. The van der Waals surface area contributed by atoms with Gasteiger partial charge in [-0.15, -0.1) is 0 Å². The van der Waals surface area contributed by atoms with Gasteiger partial charge in [-0.05, 0) is 70.8 Å². The molecule has 4 aromatic carbocycles. The van der Waals surface area contributed by atoms with E-state index in [-0.39, 0.29) is 11.8 Å². The van der Waals surface area contributed by atoms with E-state index in [1.807, 2.05) is 54.6 Å². The van der Waals surface area contributed by atoms with E-state index < -0.39 is 6.04 Å². The summed E-state index contributed by atoms with van der Waals surface area (Å²) in [4.78, 5) is 39.8. The van der Waals surface area contributed by atoms with Crippen molar-refractivity contribution in [1.29, 1.82) is 0 Å². The maximum atomic E-state index is 13.9. The normalized spacial score (nSPS) is 14.9. The van der Waals surface area contributed by atoms with Crippen LogP contribution in [0, 0.1) is 0 Å². The van der Waals surface area contributed by atoms with Gasteiger partial charge in [0.15, 0.2) is 0 Å². The standard InChI is InChI=1S/C36H34N8O2/c37-32-21-33(40-23-39-32)41-28-9-11-29(12-10-28)42-35(45)34(25-4-2-1-3-5-25)44-22-27-20-26(8-15-31(27)36(44)46)24-6-13-30(14-7-24)43-18-16-38-17-19-43/h1-15,20-21,23,34,38H,16-19,22H2,(H,42,45)(H3,37,39,40,41). The number of anilines is 5. The van der Waals surface area contributed by atoms with Gasteiger partial charge in [0.1, 0.15) is 24.0 Å². The third kappa shape index (κ3) is 6.11. The van der Waals surface area contributed by atoms with Crippen LogP contribution in [0.25, 0.3) is 11.1 Å².